The Kier molecular flexibility index (Phi) is 8.48. The van der Waals surface area contributed by atoms with Crippen LogP contribution in [0.5, 0.6) is 11.5 Å². The van der Waals surface area contributed by atoms with Gasteiger partial charge in [-0.2, -0.15) is 0 Å². The lowest BCUT2D eigenvalue weighted by Crippen LogP contribution is -2.48. The number of carbonyl (C=O) groups is 1. The fourth-order valence-corrected chi connectivity index (χ4v) is 3.60. The molecule has 0 spiro atoms. The molecule has 0 saturated carbocycles. The lowest BCUT2D eigenvalue weighted by Gasteiger charge is -2.34. The number of ether oxygens (including phenoxy) is 2. The first-order valence-corrected chi connectivity index (χ1v) is 10.8. The van der Waals surface area contributed by atoms with Crippen LogP contribution in [0.4, 0.5) is 10.1 Å². The Morgan fingerprint density at radius 1 is 1.03 bits per heavy atom. The van der Waals surface area contributed by atoms with E-state index < -0.39 is 5.82 Å². The number of methoxy groups -OCH3 is 1. The molecule has 0 atom stereocenters. The number of hydrogen-bond acceptors (Lipinski definition) is 5. The lowest BCUT2D eigenvalue weighted by molar-refractivity contribution is -0.116. The van der Waals surface area contributed by atoms with Crippen LogP contribution in [0.1, 0.15) is 6.42 Å². The van der Waals surface area contributed by atoms with E-state index in [1.165, 1.54) is 6.07 Å². The van der Waals surface area contributed by atoms with Gasteiger partial charge >= 0.3 is 0 Å². The minimum absolute atomic E-state index is 0.174. The van der Waals surface area contributed by atoms with E-state index in [2.05, 4.69) is 31.0 Å². The number of nitrogens with one attached hydrogen (secondary N) is 1. The molecule has 1 aliphatic rings. The normalized spacial score (nSPS) is 15.0. The summed E-state index contributed by atoms with van der Waals surface area (Å²) in [4.78, 5) is 16.7. The standard InChI is InChI=1S/C22H27BrFN3O3/c1-29-18-3-5-19(6-4-18)30-15-14-27-12-10-26(11-13-27)9-8-22(28)25-21-7-2-17(23)16-20(21)24/h2-7,16H,8-15H2,1H3,(H,25,28). The number of nitrogens with zero attached hydrogens (tertiary/aromatic N) is 2. The molecule has 0 aliphatic carbocycles. The molecular formula is C22H27BrFN3O3. The van der Waals surface area contributed by atoms with Gasteiger partial charge in [-0.3, -0.25) is 9.69 Å². The zero-order valence-electron chi connectivity index (χ0n) is 17.1. The van der Waals surface area contributed by atoms with Crippen molar-refractivity contribution in [2.75, 3.05) is 58.3 Å². The Morgan fingerprint density at radius 3 is 2.30 bits per heavy atom. The zero-order valence-corrected chi connectivity index (χ0v) is 18.7. The SMILES string of the molecule is COc1ccc(OCCN2CCN(CCC(=O)Nc3ccc(Br)cc3F)CC2)cc1. The smallest absolute Gasteiger partial charge is 0.225 e. The van der Waals surface area contributed by atoms with Crippen molar-refractivity contribution in [3.63, 3.8) is 0 Å². The summed E-state index contributed by atoms with van der Waals surface area (Å²) in [6, 6.07) is 12.2. The Bertz CT molecular complexity index is 827. The van der Waals surface area contributed by atoms with Crippen LogP contribution in [0.15, 0.2) is 46.9 Å². The molecule has 8 heteroatoms. The van der Waals surface area contributed by atoms with Crippen molar-refractivity contribution >= 4 is 27.5 Å². The van der Waals surface area contributed by atoms with Crippen LogP contribution >= 0.6 is 15.9 Å². The Labute approximate surface area is 185 Å². The van der Waals surface area contributed by atoms with E-state index in [1.54, 1.807) is 19.2 Å². The monoisotopic (exact) mass is 479 g/mol. The molecule has 2 aromatic rings. The Morgan fingerprint density at radius 2 is 1.67 bits per heavy atom. The summed E-state index contributed by atoms with van der Waals surface area (Å²) in [5, 5.41) is 2.64. The van der Waals surface area contributed by atoms with Crippen LogP contribution in [-0.2, 0) is 4.79 Å². The van der Waals surface area contributed by atoms with Crippen molar-refractivity contribution in [1.82, 2.24) is 9.80 Å². The van der Waals surface area contributed by atoms with Crippen LogP contribution in [0.3, 0.4) is 0 Å². The quantitative estimate of drug-likeness (QED) is 0.595. The van der Waals surface area contributed by atoms with E-state index in [-0.39, 0.29) is 11.6 Å². The minimum atomic E-state index is -0.441. The second-order valence-corrected chi connectivity index (χ2v) is 8.05. The van der Waals surface area contributed by atoms with Crippen LogP contribution in [0, 0.1) is 5.82 Å². The molecule has 1 fully saturated rings. The number of rotatable bonds is 9. The molecule has 0 aromatic heterocycles. The van der Waals surface area contributed by atoms with Crippen molar-refractivity contribution in [3.8, 4) is 11.5 Å². The lowest BCUT2D eigenvalue weighted by atomic mass is 10.2. The fourth-order valence-electron chi connectivity index (χ4n) is 3.26. The number of benzene rings is 2. The second-order valence-electron chi connectivity index (χ2n) is 7.13. The highest BCUT2D eigenvalue weighted by molar-refractivity contribution is 9.10. The topological polar surface area (TPSA) is 54.0 Å². The van der Waals surface area contributed by atoms with Gasteiger partial charge in [0.15, 0.2) is 0 Å². The van der Waals surface area contributed by atoms with Crippen molar-refractivity contribution in [3.05, 3.63) is 52.8 Å². The highest BCUT2D eigenvalue weighted by Crippen LogP contribution is 2.19. The molecule has 1 aliphatic heterocycles. The number of carbonyl (C=O) groups excluding carboxylic acids is 1. The van der Waals surface area contributed by atoms with Crippen LogP contribution in [0.25, 0.3) is 0 Å². The predicted molar refractivity (Wildman–Crippen MR) is 119 cm³/mol. The number of piperazine rings is 1. The minimum Gasteiger partial charge on any atom is -0.497 e. The van der Waals surface area contributed by atoms with Gasteiger partial charge in [-0.15, -0.1) is 0 Å². The summed E-state index contributed by atoms with van der Waals surface area (Å²) in [5.41, 5.74) is 0.213. The molecule has 162 valence electrons. The average Bonchev–Trinajstić information content (AvgIpc) is 2.76. The van der Waals surface area contributed by atoms with E-state index in [0.717, 1.165) is 44.2 Å². The van der Waals surface area contributed by atoms with Gasteiger partial charge in [0.2, 0.25) is 5.91 Å². The number of anilines is 1. The fraction of sp³-hybridized carbons (Fsp3) is 0.409. The van der Waals surface area contributed by atoms with Gasteiger partial charge in [-0.25, -0.2) is 4.39 Å². The molecule has 1 amide bonds. The van der Waals surface area contributed by atoms with Gasteiger partial charge in [-0.05, 0) is 42.5 Å². The molecule has 0 unspecified atom stereocenters. The number of halogens is 2. The third kappa shape index (κ3) is 6.97. The van der Waals surface area contributed by atoms with E-state index in [1.807, 2.05) is 24.3 Å². The van der Waals surface area contributed by atoms with Crippen molar-refractivity contribution in [2.45, 2.75) is 6.42 Å². The van der Waals surface area contributed by atoms with Gasteiger partial charge in [-0.1, -0.05) is 15.9 Å². The summed E-state index contributed by atoms with van der Waals surface area (Å²) in [5.74, 6) is 1.03. The van der Waals surface area contributed by atoms with E-state index in [0.29, 0.717) is 24.0 Å². The third-order valence-corrected chi connectivity index (χ3v) is 5.55. The molecule has 0 bridgehead atoms. The Hall–Kier alpha value is -2.16. The van der Waals surface area contributed by atoms with Gasteiger partial charge < -0.3 is 19.7 Å². The van der Waals surface area contributed by atoms with E-state index >= 15 is 0 Å². The second kappa shape index (κ2) is 11.3. The van der Waals surface area contributed by atoms with Crippen LogP contribution in [0.2, 0.25) is 0 Å². The molecule has 0 radical (unpaired) electrons. The first kappa shape index (κ1) is 22.5. The molecular weight excluding hydrogens is 453 g/mol. The zero-order chi connectivity index (χ0) is 21.3. The van der Waals surface area contributed by atoms with E-state index in [9.17, 15) is 9.18 Å². The summed E-state index contributed by atoms with van der Waals surface area (Å²) >= 11 is 3.21. The number of amides is 1. The third-order valence-electron chi connectivity index (χ3n) is 5.06. The number of hydrogen-bond donors (Lipinski definition) is 1. The summed E-state index contributed by atoms with van der Waals surface area (Å²) in [6.45, 7) is 5.85. The van der Waals surface area contributed by atoms with Crippen molar-refractivity contribution in [1.29, 1.82) is 0 Å². The molecule has 3 rings (SSSR count). The summed E-state index contributed by atoms with van der Waals surface area (Å²) in [7, 11) is 1.64. The van der Waals surface area contributed by atoms with Crippen molar-refractivity contribution < 1.29 is 18.7 Å². The van der Waals surface area contributed by atoms with Crippen LogP contribution < -0.4 is 14.8 Å². The van der Waals surface area contributed by atoms with Crippen molar-refractivity contribution in [2.24, 2.45) is 0 Å². The Balaban J connectivity index is 1.30. The van der Waals surface area contributed by atoms with Gasteiger partial charge in [0, 0.05) is 50.2 Å². The van der Waals surface area contributed by atoms with Crippen LogP contribution in [-0.4, -0.2) is 68.7 Å². The molecule has 6 nitrogen and oxygen atoms in total. The molecule has 1 N–H and O–H groups in total. The first-order chi connectivity index (χ1) is 14.5. The van der Waals surface area contributed by atoms with Gasteiger partial charge in [0.05, 0.1) is 12.8 Å². The van der Waals surface area contributed by atoms with Gasteiger partial charge in [0.1, 0.15) is 23.9 Å². The molecule has 1 saturated heterocycles. The highest BCUT2D eigenvalue weighted by Gasteiger charge is 2.17. The molecule has 30 heavy (non-hydrogen) atoms. The molecule has 1 heterocycles. The van der Waals surface area contributed by atoms with Gasteiger partial charge in [0.25, 0.3) is 0 Å². The van der Waals surface area contributed by atoms with E-state index in [4.69, 9.17) is 9.47 Å². The summed E-state index contributed by atoms with van der Waals surface area (Å²) < 4.78 is 25.4. The maximum Gasteiger partial charge on any atom is 0.225 e. The predicted octanol–water partition coefficient (Wildman–Crippen LogP) is 3.62. The maximum atomic E-state index is 13.8. The maximum absolute atomic E-state index is 13.8. The largest absolute Gasteiger partial charge is 0.497 e. The highest BCUT2D eigenvalue weighted by atomic mass is 79.9. The summed E-state index contributed by atoms with van der Waals surface area (Å²) in [6.07, 6.45) is 0.343. The first-order valence-electron chi connectivity index (χ1n) is 10.00. The average molecular weight is 480 g/mol. The molecule has 2 aromatic carbocycles.